The fourth-order valence-electron chi connectivity index (χ4n) is 2.79. The molecule has 0 bridgehead atoms. The smallest absolute Gasteiger partial charge is 0.240 e. The lowest BCUT2D eigenvalue weighted by Gasteiger charge is -2.32. The number of amides is 1. The van der Waals surface area contributed by atoms with Gasteiger partial charge in [-0.2, -0.15) is 4.98 Å². The molecule has 1 amide bonds. The molecule has 2 fully saturated rings. The number of alkyl halides is 1. The third kappa shape index (κ3) is 3.14. The van der Waals surface area contributed by atoms with Crippen molar-refractivity contribution in [2.24, 2.45) is 5.92 Å². The fraction of sp³-hybridized carbons (Fsp3) is 0.786. The van der Waals surface area contributed by atoms with Gasteiger partial charge >= 0.3 is 0 Å². The molecule has 5 nitrogen and oxygen atoms in total. The molecule has 1 aromatic heterocycles. The number of carbonyl (C=O) groups is 1. The second-order valence-corrected chi connectivity index (χ2v) is 6.59. The first-order valence-corrected chi connectivity index (χ1v) is 7.82. The molecule has 110 valence electrons. The van der Waals surface area contributed by atoms with Gasteiger partial charge in [-0.1, -0.05) is 5.16 Å². The average molecular weight is 298 g/mol. The first kappa shape index (κ1) is 13.9. The van der Waals surface area contributed by atoms with Crippen LogP contribution in [0, 0.1) is 5.92 Å². The van der Waals surface area contributed by atoms with E-state index in [0.29, 0.717) is 17.7 Å². The van der Waals surface area contributed by atoms with Crippen LogP contribution in [0.4, 0.5) is 0 Å². The summed E-state index contributed by atoms with van der Waals surface area (Å²) < 4.78 is 5.32. The number of hydrogen-bond donors (Lipinski definition) is 0. The Morgan fingerprint density at radius 2 is 2.30 bits per heavy atom. The average Bonchev–Trinajstić information content (AvgIpc) is 3.19. The van der Waals surface area contributed by atoms with Crippen LogP contribution in [-0.4, -0.2) is 39.4 Å². The molecule has 2 unspecified atom stereocenters. The monoisotopic (exact) mass is 297 g/mol. The van der Waals surface area contributed by atoms with Crippen LogP contribution >= 0.6 is 11.6 Å². The standard InChI is InChI=1S/C14H20ClN3O2/c1-9(15)14(19)18-6-2-3-10(8-18)7-12-16-13(17-20-12)11-4-5-11/h9-11H,2-8H2,1H3. The van der Waals surface area contributed by atoms with Gasteiger partial charge in [0.15, 0.2) is 5.82 Å². The number of likely N-dealkylation sites (tertiary alicyclic amines) is 1. The number of piperidine rings is 1. The Morgan fingerprint density at radius 3 is 3.00 bits per heavy atom. The van der Waals surface area contributed by atoms with E-state index in [0.717, 1.165) is 38.2 Å². The lowest BCUT2D eigenvalue weighted by Crippen LogP contribution is -2.43. The highest BCUT2D eigenvalue weighted by Crippen LogP contribution is 2.38. The van der Waals surface area contributed by atoms with Crippen molar-refractivity contribution in [3.63, 3.8) is 0 Å². The minimum Gasteiger partial charge on any atom is -0.341 e. The number of aromatic nitrogens is 2. The third-order valence-corrected chi connectivity index (χ3v) is 4.25. The van der Waals surface area contributed by atoms with Gasteiger partial charge in [-0.3, -0.25) is 4.79 Å². The molecule has 1 saturated heterocycles. The number of hydrogen-bond acceptors (Lipinski definition) is 4. The Labute approximate surface area is 123 Å². The van der Waals surface area contributed by atoms with Crippen molar-refractivity contribution in [2.45, 2.75) is 50.3 Å². The molecule has 1 saturated carbocycles. The van der Waals surface area contributed by atoms with E-state index >= 15 is 0 Å². The van der Waals surface area contributed by atoms with Gasteiger partial charge in [-0.25, -0.2) is 0 Å². The van der Waals surface area contributed by atoms with Crippen LogP contribution in [0.5, 0.6) is 0 Å². The van der Waals surface area contributed by atoms with Gasteiger partial charge in [0, 0.05) is 25.4 Å². The van der Waals surface area contributed by atoms with Crippen molar-refractivity contribution in [2.75, 3.05) is 13.1 Å². The lowest BCUT2D eigenvalue weighted by atomic mass is 9.94. The van der Waals surface area contributed by atoms with Crippen LogP contribution in [0.3, 0.4) is 0 Å². The second-order valence-electron chi connectivity index (χ2n) is 5.93. The zero-order valence-corrected chi connectivity index (χ0v) is 12.5. The predicted molar refractivity (Wildman–Crippen MR) is 74.6 cm³/mol. The number of halogens is 1. The molecule has 2 aliphatic rings. The quantitative estimate of drug-likeness (QED) is 0.801. The normalized spacial score (nSPS) is 24.7. The summed E-state index contributed by atoms with van der Waals surface area (Å²) in [4.78, 5) is 18.3. The van der Waals surface area contributed by atoms with Crippen molar-refractivity contribution in [3.8, 4) is 0 Å². The first-order chi connectivity index (χ1) is 9.63. The molecule has 0 N–H and O–H groups in total. The van der Waals surface area contributed by atoms with Gasteiger partial charge in [0.05, 0.1) is 0 Å². The molecular weight excluding hydrogens is 278 g/mol. The molecule has 3 rings (SSSR count). The van der Waals surface area contributed by atoms with E-state index in [-0.39, 0.29) is 5.91 Å². The Bertz CT molecular complexity index is 485. The fourth-order valence-corrected chi connectivity index (χ4v) is 2.93. The molecule has 2 heterocycles. The maximum Gasteiger partial charge on any atom is 0.240 e. The van der Waals surface area contributed by atoms with Crippen LogP contribution in [0.15, 0.2) is 4.52 Å². The van der Waals surface area contributed by atoms with Crippen LogP contribution < -0.4 is 0 Å². The van der Waals surface area contributed by atoms with Crippen molar-refractivity contribution >= 4 is 17.5 Å². The van der Waals surface area contributed by atoms with Crippen molar-refractivity contribution in [3.05, 3.63) is 11.7 Å². The van der Waals surface area contributed by atoms with E-state index < -0.39 is 5.38 Å². The molecular formula is C14H20ClN3O2. The molecule has 1 aliphatic carbocycles. The van der Waals surface area contributed by atoms with E-state index in [2.05, 4.69) is 10.1 Å². The largest absolute Gasteiger partial charge is 0.341 e. The maximum absolute atomic E-state index is 11.9. The summed E-state index contributed by atoms with van der Waals surface area (Å²) in [6, 6.07) is 0. The van der Waals surface area contributed by atoms with Gasteiger partial charge in [-0.05, 0) is 38.5 Å². The van der Waals surface area contributed by atoms with Gasteiger partial charge in [-0.15, -0.1) is 11.6 Å². The molecule has 1 aliphatic heterocycles. The predicted octanol–water partition coefficient (Wildman–Crippen LogP) is 2.36. The van der Waals surface area contributed by atoms with Gasteiger partial charge in [0.1, 0.15) is 5.38 Å². The summed E-state index contributed by atoms with van der Waals surface area (Å²) in [6.07, 6.45) is 5.24. The molecule has 20 heavy (non-hydrogen) atoms. The summed E-state index contributed by atoms with van der Waals surface area (Å²) in [5.74, 6) is 2.52. The lowest BCUT2D eigenvalue weighted by molar-refractivity contribution is -0.132. The Balaban J connectivity index is 1.57. The summed E-state index contributed by atoms with van der Waals surface area (Å²) in [5, 5.41) is 3.59. The first-order valence-electron chi connectivity index (χ1n) is 7.39. The highest BCUT2D eigenvalue weighted by atomic mass is 35.5. The highest BCUT2D eigenvalue weighted by Gasteiger charge is 2.30. The van der Waals surface area contributed by atoms with Crippen molar-refractivity contribution in [1.82, 2.24) is 15.0 Å². The molecule has 6 heteroatoms. The SMILES string of the molecule is CC(Cl)C(=O)N1CCCC(Cc2nc(C3CC3)no2)C1. The summed E-state index contributed by atoms with van der Waals surface area (Å²) in [6.45, 7) is 3.29. The van der Waals surface area contributed by atoms with Gasteiger partial charge in [0.25, 0.3) is 0 Å². The van der Waals surface area contributed by atoms with Crippen LogP contribution in [0.2, 0.25) is 0 Å². The Hall–Kier alpha value is -1.10. The molecule has 2 atom stereocenters. The maximum atomic E-state index is 11.9. The van der Waals surface area contributed by atoms with Crippen LogP contribution in [-0.2, 0) is 11.2 Å². The van der Waals surface area contributed by atoms with Crippen LogP contribution in [0.1, 0.15) is 50.2 Å². The van der Waals surface area contributed by atoms with Crippen LogP contribution in [0.25, 0.3) is 0 Å². The molecule has 0 radical (unpaired) electrons. The minimum atomic E-state index is -0.446. The molecule has 1 aromatic rings. The summed E-state index contributed by atoms with van der Waals surface area (Å²) in [7, 11) is 0. The number of rotatable bonds is 4. The Kier molecular flexibility index (Phi) is 3.96. The summed E-state index contributed by atoms with van der Waals surface area (Å²) >= 11 is 5.88. The van der Waals surface area contributed by atoms with Crippen molar-refractivity contribution in [1.29, 1.82) is 0 Å². The zero-order valence-electron chi connectivity index (χ0n) is 11.7. The molecule has 0 aromatic carbocycles. The van der Waals surface area contributed by atoms with E-state index in [1.807, 2.05) is 4.90 Å². The van der Waals surface area contributed by atoms with E-state index in [9.17, 15) is 4.79 Å². The highest BCUT2D eigenvalue weighted by molar-refractivity contribution is 6.30. The topological polar surface area (TPSA) is 59.2 Å². The number of nitrogens with zero attached hydrogens (tertiary/aromatic N) is 3. The Morgan fingerprint density at radius 1 is 1.50 bits per heavy atom. The van der Waals surface area contributed by atoms with E-state index in [1.165, 1.54) is 12.8 Å². The third-order valence-electron chi connectivity index (χ3n) is 4.06. The van der Waals surface area contributed by atoms with Gasteiger partial charge < -0.3 is 9.42 Å². The van der Waals surface area contributed by atoms with Gasteiger partial charge in [0.2, 0.25) is 11.8 Å². The van der Waals surface area contributed by atoms with E-state index in [4.69, 9.17) is 16.1 Å². The summed E-state index contributed by atoms with van der Waals surface area (Å²) in [5.41, 5.74) is 0. The zero-order chi connectivity index (χ0) is 14.1. The number of carbonyl (C=O) groups excluding carboxylic acids is 1. The van der Waals surface area contributed by atoms with Crippen molar-refractivity contribution < 1.29 is 9.32 Å². The molecule has 0 spiro atoms. The minimum absolute atomic E-state index is 0.0283. The second kappa shape index (κ2) is 5.72. The van der Waals surface area contributed by atoms with E-state index in [1.54, 1.807) is 6.92 Å².